The number of fused-ring (bicyclic) bond motifs is 1. The van der Waals surface area contributed by atoms with Crippen molar-refractivity contribution >= 4 is 17.6 Å². The maximum absolute atomic E-state index is 12.6. The van der Waals surface area contributed by atoms with Gasteiger partial charge < -0.3 is 24.6 Å². The molecule has 3 aromatic rings. The fraction of sp³-hybridized carbons (Fsp3) is 0.190. The van der Waals surface area contributed by atoms with Crippen LogP contribution in [0.3, 0.4) is 0 Å². The molecule has 174 valence electrons. The predicted octanol–water partition coefficient (Wildman–Crippen LogP) is 3.50. The van der Waals surface area contributed by atoms with Gasteiger partial charge in [0.15, 0.2) is 11.5 Å². The molecule has 1 aliphatic rings. The van der Waals surface area contributed by atoms with Gasteiger partial charge in [-0.3, -0.25) is 9.89 Å². The summed E-state index contributed by atoms with van der Waals surface area (Å²) in [5, 5.41) is 16.7. The average molecular weight is 465 g/mol. The molecule has 0 bridgehead atoms. The second-order valence-corrected chi connectivity index (χ2v) is 6.56. The lowest BCUT2D eigenvalue weighted by Gasteiger charge is -2.25. The minimum absolute atomic E-state index is 0.151. The number of alkyl halides is 3. The maximum atomic E-state index is 12.6. The molecular weight excluding hydrogens is 447 g/mol. The second-order valence-electron chi connectivity index (χ2n) is 6.56. The van der Waals surface area contributed by atoms with Gasteiger partial charge in [0.2, 0.25) is 6.10 Å². The first-order valence-electron chi connectivity index (χ1n) is 9.35. The lowest BCUT2D eigenvalue weighted by Crippen LogP contribution is -2.40. The van der Waals surface area contributed by atoms with Gasteiger partial charge in [-0.05, 0) is 29.8 Å². The number of hydrogen-bond donors (Lipinski definition) is 3. The zero-order valence-electron chi connectivity index (χ0n) is 17.1. The molecule has 0 saturated heterocycles. The number of aromatic amines is 1. The van der Waals surface area contributed by atoms with E-state index in [1.54, 1.807) is 37.7 Å². The lowest BCUT2D eigenvalue weighted by atomic mass is 10.1. The Morgan fingerprint density at radius 1 is 1.18 bits per heavy atom. The van der Waals surface area contributed by atoms with Crippen molar-refractivity contribution in [1.82, 2.24) is 10.2 Å². The van der Waals surface area contributed by atoms with Crippen molar-refractivity contribution in [2.75, 3.05) is 19.0 Å². The summed E-state index contributed by atoms with van der Waals surface area (Å²) >= 11 is 0. The second kappa shape index (κ2) is 9.94. The number of halogens is 3. The number of carboxylic acids is 1. The summed E-state index contributed by atoms with van der Waals surface area (Å²) in [4.78, 5) is 21.5. The van der Waals surface area contributed by atoms with E-state index in [9.17, 15) is 18.0 Å². The van der Waals surface area contributed by atoms with Gasteiger partial charge in [0.05, 0.1) is 19.0 Å². The number of H-pyrrole nitrogens is 1. The number of aromatic nitrogens is 2. The number of benzene rings is 2. The van der Waals surface area contributed by atoms with E-state index in [0.29, 0.717) is 22.9 Å². The third kappa shape index (κ3) is 5.93. The van der Waals surface area contributed by atoms with Crippen molar-refractivity contribution in [1.29, 1.82) is 0 Å². The number of carboxylic acid groups (broad SMARTS) is 1. The van der Waals surface area contributed by atoms with Crippen LogP contribution in [0.1, 0.15) is 0 Å². The monoisotopic (exact) mass is 465 g/mol. The van der Waals surface area contributed by atoms with E-state index in [2.05, 4.69) is 15.5 Å². The molecule has 9 nitrogen and oxygen atoms in total. The molecule has 2 aromatic carbocycles. The molecule has 0 aliphatic carbocycles. The summed E-state index contributed by atoms with van der Waals surface area (Å²) in [6, 6.07) is 12.8. The standard InChI is InChI=1S/C19H17N3O4.C2HF3O2/c1-24-17-8-12(13-9-20-21-10-13)6-7-14(17)22-19(23)18-11-25-15-4-2-3-5-16(15)26-18;3-2(4,5)1(6)7/h2-10,18H,11H2,1H3,(H,20,21)(H,22,23);(H,6,7). The van der Waals surface area contributed by atoms with E-state index >= 15 is 0 Å². The Kier molecular flexibility index (Phi) is 7.06. The van der Waals surface area contributed by atoms with Crippen molar-refractivity contribution in [2.45, 2.75) is 12.3 Å². The quantitative estimate of drug-likeness (QED) is 0.539. The Morgan fingerprint density at radius 2 is 1.88 bits per heavy atom. The molecule has 0 radical (unpaired) electrons. The van der Waals surface area contributed by atoms with Crippen LogP contribution in [0.15, 0.2) is 54.9 Å². The largest absolute Gasteiger partial charge is 0.495 e. The molecule has 0 fully saturated rings. The summed E-state index contributed by atoms with van der Waals surface area (Å²) in [5.74, 6) is -1.31. The van der Waals surface area contributed by atoms with Gasteiger partial charge in [-0.2, -0.15) is 18.3 Å². The molecule has 1 unspecified atom stereocenters. The zero-order valence-corrected chi connectivity index (χ0v) is 17.1. The molecule has 1 aliphatic heterocycles. The normalized spacial score (nSPS) is 14.5. The Labute approximate surface area is 185 Å². The van der Waals surface area contributed by atoms with Crippen LogP contribution in [0.5, 0.6) is 17.2 Å². The lowest BCUT2D eigenvalue weighted by molar-refractivity contribution is -0.192. The number of methoxy groups -OCH3 is 1. The highest BCUT2D eigenvalue weighted by Crippen LogP contribution is 2.33. The number of hydrogen-bond acceptors (Lipinski definition) is 6. The number of carbonyl (C=O) groups excluding carboxylic acids is 1. The molecule has 33 heavy (non-hydrogen) atoms. The highest BCUT2D eigenvalue weighted by Gasteiger charge is 2.38. The van der Waals surface area contributed by atoms with Gasteiger partial charge in [-0.25, -0.2) is 4.79 Å². The number of aliphatic carboxylic acids is 1. The molecule has 1 amide bonds. The van der Waals surface area contributed by atoms with E-state index in [1.165, 1.54) is 0 Å². The first-order chi connectivity index (χ1) is 15.7. The number of carbonyl (C=O) groups is 2. The summed E-state index contributed by atoms with van der Waals surface area (Å²) in [6.45, 7) is 0.151. The van der Waals surface area contributed by atoms with Crippen LogP contribution in [0.4, 0.5) is 18.9 Å². The number of amides is 1. The van der Waals surface area contributed by atoms with Crippen LogP contribution in [-0.2, 0) is 9.59 Å². The van der Waals surface area contributed by atoms with Crippen LogP contribution >= 0.6 is 0 Å². The Balaban J connectivity index is 0.000000383. The van der Waals surface area contributed by atoms with Crippen LogP contribution in [0.2, 0.25) is 0 Å². The van der Waals surface area contributed by atoms with Crippen molar-refractivity contribution < 1.29 is 42.1 Å². The molecule has 2 heterocycles. The summed E-state index contributed by atoms with van der Waals surface area (Å²) in [5.41, 5.74) is 2.42. The minimum atomic E-state index is -5.08. The smallest absolute Gasteiger partial charge is 0.490 e. The van der Waals surface area contributed by atoms with Gasteiger partial charge in [0.25, 0.3) is 5.91 Å². The highest BCUT2D eigenvalue weighted by molar-refractivity contribution is 5.96. The van der Waals surface area contributed by atoms with Crippen molar-refractivity contribution in [3.8, 4) is 28.4 Å². The van der Waals surface area contributed by atoms with E-state index < -0.39 is 18.2 Å². The molecule has 0 spiro atoms. The average Bonchev–Trinajstić information content (AvgIpc) is 3.34. The van der Waals surface area contributed by atoms with E-state index in [1.807, 2.05) is 24.3 Å². The number of ether oxygens (including phenoxy) is 3. The number of nitrogens with one attached hydrogen (secondary N) is 2. The summed E-state index contributed by atoms with van der Waals surface area (Å²) in [7, 11) is 1.56. The molecule has 12 heteroatoms. The van der Waals surface area contributed by atoms with Crippen LogP contribution in [-0.4, -0.2) is 53.2 Å². The molecular formula is C21H18F3N3O6. The van der Waals surface area contributed by atoms with Gasteiger partial charge in [-0.1, -0.05) is 18.2 Å². The Bertz CT molecular complexity index is 1120. The number of para-hydroxylation sites is 2. The minimum Gasteiger partial charge on any atom is -0.495 e. The molecule has 1 atom stereocenters. The van der Waals surface area contributed by atoms with Gasteiger partial charge >= 0.3 is 12.1 Å². The topological polar surface area (TPSA) is 123 Å². The van der Waals surface area contributed by atoms with Crippen molar-refractivity contribution in [3.63, 3.8) is 0 Å². The fourth-order valence-corrected chi connectivity index (χ4v) is 2.74. The first kappa shape index (κ1) is 23.4. The van der Waals surface area contributed by atoms with E-state index in [4.69, 9.17) is 24.1 Å². The van der Waals surface area contributed by atoms with Crippen LogP contribution < -0.4 is 19.5 Å². The van der Waals surface area contributed by atoms with Gasteiger partial charge in [0.1, 0.15) is 12.4 Å². The predicted molar refractivity (Wildman–Crippen MR) is 109 cm³/mol. The fourth-order valence-electron chi connectivity index (χ4n) is 2.74. The maximum Gasteiger partial charge on any atom is 0.490 e. The van der Waals surface area contributed by atoms with Crippen molar-refractivity contribution in [2.24, 2.45) is 0 Å². The van der Waals surface area contributed by atoms with Gasteiger partial charge in [0, 0.05) is 11.8 Å². The van der Waals surface area contributed by atoms with Crippen LogP contribution in [0.25, 0.3) is 11.1 Å². The number of rotatable bonds is 4. The molecule has 4 rings (SSSR count). The third-order valence-corrected chi connectivity index (χ3v) is 4.33. The summed E-state index contributed by atoms with van der Waals surface area (Å²) < 4.78 is 48.5. The highest BCUT2D eigenvalue weighted by atomic mass is 19.4. The molecule has 0 saturated carbocycles. The summed E-state index contributed by atoms with van der Waals surface area (Å²) in [6.07, 6.45) is -2.31. The first-order valence-corrected chi connectivity index (χ1v) is 9.35. The van der Waals surface area contributed by atoms with E-state index in [0.717, 1.165) is 11.1 Å². The number of anilines is 1. The third-order valence-electron chi connectivity index (χ3n) is 4.33. The SMILES string of the molecule is COc1cc(-c2cn[nH]c2)ccc1NC(=O)C1COc2ccccc2O1.O=C(O)C(F)(F)F. The Hall–Kier alpha value is -4.22. The van der Waals surface area contributed by atoms with E-state index in [-0.39, 0.29) is 12.5 Å². The Morgan fingerprint density at radius 3 is 2.48 bits per heavy atom. The molecule has 1 aromatic heterocycles. The number of nitrogens with zero attached hydrogens (tertiary/aromatic N) is 1. The molecule has 3 N–H and O–H groups in total. The van der Waals surface area contributed by atoms with Crippen LogP contribution in [0, 0.1) is 0 Å². The van der Waals surface area contributed by atoms with Crippen molar-refractivity contribution in [3.05, 3.63) is 54.9 Å². The van der Waals surface area contributed by atoms with Gasteiger partial charge in [-0.15, -0.1) is 0 Å². The zero-order chi connectivity index (χ0) is 24.0.